The zero-order valence-corrected chi connectivity index (χ0v) is 14.9. The molecule has 2 rings (SSSR count). The van der Waals surface area contributed by atoms with Gasteiger partial charge in [-0.25, -0.2) is 0 Å². The average Bonchev–Trinajstić information content (AvgIpc) is 2.49. The maximum Gasteiger partial charge on any atom is 0.255 e. The second-order valence-electron chi connectivity index (χ2n) is 7.06. The van der Waals surface area contributed by atoms with E-state index in [1.165, 1.54) is 0 Å². The van der Waals surface area contributed by atoms with Gasteiger partial charge in [-0.1, -0.05) is 18.2 Å². The standard InChI is InChI=1S/C20H24N2O2/c1-13-9-10-14(2)17(11-13)21-18(23)15-7-6-8-16(12-15)19(24)22-20(3,4)5/h6-12H,1-5H3,(H,21,23)(H,22,24). The molecular formula is C20H24N2O2. The fourth-order valence-corrected chi connectivity index (χ4v) is 2.28. The molecule has 0 spiro atoms. The summed E-state index contributed by atoms with van der Waals surface area (Å²) in [6.07, 6.45) is 0. The van der Waals surface area contributed by atoms with Crippen LogP contribution in [0.25, 0.3) is 0 Å². The van der Waals surface area contributed by atoms with Crippen LogP contribution in [0.1, 0.15) is 52.6 Å². The van der Waals surface area contributed by atoms with Gasteiger partial charge in [-0.3, -0.25) is 9.59 Å². The molecule has 0 aliphatic rings. The van der Waals surface area contributed by atoms with Gasteiger partial charge in [0.1, 0.15) is 0 Å². The van der Waals surface area contributed by atoms with E-state index < -0.39 is 0 Å². The third-order valence-electron chi connectivity index (χ3n) is 3.52. The summed E-state index contributed by atoms with van der Waals surface area (Å²) in [6, 6.07) is 12.6. The molecule has 2 amide bonds. The van der Waals surface area contributed by atoms with Gasteiger partial charge in [0.25, 0.3) is 11.8 Å². The van der Waals surface area contributed by atoms with Crippen molar-refractivity contribution in [2.24, 2.45) is 0 Å². The fourth-order valence-electron chi connectivity index (χ4n) is 2.28. The number of benzene rings is 2. The first-order valence-electron chi connectivity index (χ1n) is 7.97. The Hall–Kier alpha value is -2.62. The van der Waals surface area contributed by atoms with Crippen LogP contribution in [0.15, 0.2) is 42.5 Å². The molecular weight excluding hydrogens is 300 g/mol. The molecule has 0 heterocycles. The molecule has 0 aromatic heterocycles. The van der Waals surface area contributed by atoms with E-state index in [0.29, 0.717) is 11.1 Å². The van der Waals surface area contributed by atoms with Crippen LogP contribution >= 0.6 is 0 Å². The highest BCUT2D eigenvalue weighted by atomic mass is 16.2. The van der Waals surface area contributed by atoms with Gasteiger partial charge in [-0.05, 0) is 70.0 Å². The predicted molar refractivity (Wildman–Crippen MR) is 97.5 cm³/mol. The zero-order chi connectivity index (χ0) is 17.9. The Bertz CT molecular complexity index is 773. The molecule has 0 aliphatic heterocycles. The molecule has 0 aliphatic carbocycles. The minimum atomic E-state index is -0.325. The maximum atomic E-state index is 12.5. The molecule has 2 aromatic carbocycles. The Morgan fingerprint density at radius 1 is 0.875 bits per heavy atom. The van der Waals surface area contributed by atoms with E-state index in [0.717, 1.165) is 16.8 Å². The first-order valence-corrected chi connectivity index (χ1v) is 7.97. The van der Waals surface area contributed by atoms with Crippen molar-refractivity contribution in [1.82, 2.24) is 5.32 Å². The normalized spacial score (nSPS) is 11.0. The first-order chi connectivity index (χ1) is 11.2. The van der Waals surface area contributed by atoms with Gasteiger partial charge in [0.2, 0.25) is 0 Å². The van der Waals surface area contributed by atoms with Gasteiger partial charge in [0.05, 0.1) is 0 Å². The number of carbonyl (C=O) groups is 2. The molecule has 0 saturated carbocycles. The lowest BCUT2D eigenvalue weighted by molar-refractivity contribution is 0.0919. The predicted octanol–water partition coefficient (Wildman–Crippen LogP) is 4.08. The number of amides is 2. The summed E-state index contributed by atoms with van der Waals surface area (Å²) in [5, 5.41) is 5.81. The van der Waals surface area contributed by atoms with Crippen LogP contribution in [0.2, 0.25) is 0 Å². The molecule has 0 unspecified atom stereocenters. The minimum absolute atomic E-state index is 0.191. The summed E-state index contributed by atoms with van der Waals surface area (Å²) < 4.78 is 0. The van der Waals surface area contributed by atoms with E-state index in [1.807, 2.05) is 52.8 Å². The first kappa shape index (κ1) is 17.7. The maximum absolute atomic E-state index is 12.5. The van der Waals surface area contributed by atoms with Crippen LogP contribution < -0.4 is 10.6 Å². The lowest BCUT2D eigenvalue weighted by atomic mass is 10.1. The van der Waals surface area contributed by atoms with Crippen LogP contribution in [0, 0.1) is 13.8 Å². The number of anilines is 1. The quantitative estimate of drug-likeness (QED) is 0.893. The molecule has 4 nitrogen and oxygen atoms in total. The third-order valence-corrected chi connectivity index (χ3v) is 3.52. The highest BCUT2D eigenvalue weighted by Gasteiger charge is 2.16. The van der Waals surface area contributed by atoms with Gasteiger partial charge in [0.15, 0.2) is 0 Å². The summed E-state index contributed by atoms with van der Waals surface area (Å²) in [4.78, 5) is 24.7. The van der Waals surface area contributed by atoms with E-state index in [2.05, 4.69) is 10.6 Å². The Morgan fingerprint density at radius 2 is 1.50 bits per heavy atom. The van der Waals surface area contributed by atoms with Crippen molar-refractivity contribution < 1.29 is 9.59 Å². The van der Waals surface area contributed by atoms with Crippen LogP contribution in [-0.4, -0.2) is 17.4 Å². The SMILES string of the molecule is Cc1ccc(C)c(NC(=O)c2cccc(C(=O)NC(C)(C)C)c2)c1. The van der Waals surface area contributed by atoms with Crippen molar-refractivity contribution >= 4 is 17.5 Å². The van der Waals surface area contributed by atoms with E-state index >= 15 is 0 Å². The third kappa shape index (κ3) is 4.69. The van der Waals surface area contributed by atoms with E-state index in [1.54, 1.807) is 24.3 Å². The van der Waals surface area contributed by atoms with Crippen LogP contribution in [0.3, 0.4) is 0 Å². The van der Waals surface area contributed by atoms with Crippen molar-refractivity contribution in [2.45, 2.75) is 40.2 Å². The molecule has 2 aromatic rings. The van der Waals surface area contributed by atoms with Crippen molar-refractivity contribution in [3.8, 4) is 0 Å². The number of rotatable bonds is 3. The molecule has 0 bridgehead atoms. The summed E-state index contributed by atoms with van der Waals surface area (Å²) in [6.45, 7) is 9.68. The second-order valence-corrected chi connectivity index (χ2v) is 7.06. The monoisotopic (exact) mass is 324 g/mol. The fraction of sp³-hybridized carbons (Fsp3) is 0.300. The molecule has 0 fully saturated rings. The van der Waals surface area contributed by atoms with Crippen molar-refractivity contribution in [1.29, 1.82) is 0 Å². The lowest BCUT2D eigenvalue weighted by Gasteiger charge is -2.20. The molecule has 4 heteroatoms. The number of hydrogen-bond donors (Lipinski definition) is 2. The number of aryl methyl sites for hydroxylation is 2. The Balaban J connectivity index is 2.20. The molecule has 0 radical (unpaired) electrons. The van der Waals surface area contributed by atoms with E-state index in [-0.39, 0.29) is 17.4 Å². The molecule has 126 valence electrons. The van der Waals surface area contributed by atoms with E-state index in [9.17, 15) is 9.59 Å². The molecule has 24 heavy (non-hydrogen) atoms. The molecule has 2 N–H and O–H groups in total. The van der Waals surface area contributed by atoms with Gasteiger partial charge in [-0.2, -0.15) is 0 Å². The number of nitrogens with one attached hydrogen (secondary N) is 2. The van der Waals surface area contributed by atoms with Gasteiger partial charge >= 0.3 is 0 Å². The van der Waals surface area contributed by atoms with Gasteiger partial charge < -0.3 is 10.6 Å². The van der Waals surface area contributed by atoms with E-state index in [4.69, 9.17) is 0 Å². The van der Waals surface area contributed by atoms with Crippen molar-refractivity contribution in [3.63, 3.8) is 0 Å². The highest BCUT2D eigenvalue weighted by molar-refractivity contribution is 6.06. The van der Waals surface area contributed by atoms with Gasteiger partial charge in [-0.15, -0.1) is 0 Å². The lowest BCUT2D eigenvalue weighted by Crippen LogP contribution is -2.40. The minimum Gasteiger partial charge on any atom is -0.347 e. The summed E-state index contributed by atoms with van der Waals surface area (Å²) in [7, 11) is 0. The molecule has 0 atom stereocenters. The summed E-state index contributed by atoms with van der Waals surface area (Å²) in [5.74, 6) is -0.419. The Morgan fingerprint density at radius 3 is 2.12 bits per heavy atom. The van der Waals surface area contributed by atoms with Crippen LogP contribution in [-0.2, 0) is 0 Å². The van der Waals surface area contributed by atoms with Gasteiger partial charge in [0, 0.05) is 22.4 Å². The second kappa shape index (κ2) is 6.87. The smallest absolute Gasteiger partial charge is 0.255 e. The number of hydrogen-bond acceptors (Lipinski definition) is 2. The Kier molecular flexibility index (Phi) is 5.07. The largest absolute Gasteiger partial charge is 0.347 e. The summed E-state index contributed by atoms with van der Waals surface area (Å²) in [5.41, 5.74) is 3.46. The van der Waals surface area contributed by atoms with Crippen LogP contribution in [0.5, 0.6) is 0 Å². The Labute approximate surface area is 143 Å². The highest BCUT2D eigenvalue weighted by Crippen LogP contribution is 2.18. The van der Waals surface area contributed by atoms with Crippen LogP contribution in [0.4, 0.5) is 5.69 Å². The average molecular weight is 324 g/mol. The number of carbonyl (C=O) groups excluding carboxylic acids is 2. The topological polar surface area (TPSA) is 58.2 Å². The molecule has 0 saturated heterocycles. The zero-order valence-electron chi connectivity index (χ0n) is 14.9. The van der Waals surface area contributed by atoms with Crippen molar-refractivity contribution in [2.75, 3.05) is 5.32 Å². The summed E-state index contributed by atoms with van der Waals surface area (Å²) >= 11 is 0. The van der Waals surface area contributed by atoms with Crippen molar-refractivity contribution in [3.05, 3.63) is 64.7 Å².